The highest BCUT2D eigenvalue weighted by Crippen LogP contribution is 2.15. The highest BCUT2D eigenvalue weighted by Gasteiger charge is 2.20. The number of nitrogens with zero attached hydrogens (tertiary/aromatic N) is 1. The molecule has 1 atom stereocenters. The van der Waals surface area contributed by atoms with Gasteiger partial charge in [0.2, 0.25) is 0 Å². The Morgan fingerprint density at radius 3 is 2.38 bits per heavy atom. The molecule has 1 amide bonds. The smallest absolute Gasteiger partial charge is 0.338 e. The van der Waals surface area contributed by atoms with Gasteiger partial charge in [-0.25, -0.2) is 9.18 Å². The van der Waals surface area contributed by atoms with Crippen molar-refractivity contribution >= 4 is 23.3 Å². The number of ether oxygens (including phenoxy) is 1. The van der Waals surface area contributed by atoms with E-state index < -0.39 is 28.7 Å². The summed E-state index contributed by atoms with van der Waals surface area (Å²) in [5, 5.41) is 12.9. The molecule has 0 unspecified atom stereocenters. The number of benzene rings is 2. The first-order valence-corrected chi connectivity index (χ1v) is 6.89. The van der Waals surface area contributed by atoms with Crippen molar-refractivity contribution in [2.24, 2.45) is 0 Å². The van der Waals surface area contributed by atoms with Crippen molar-refractivity contribution in [1.82, 2.24) is 0 Å². The van der Waals surface area contributed by atoms with Gasteiger partial charge in [-0.1, -0.05) is 12.1 Å². The number of nitro groups is 1. The van der Waals surface area contributed by atoms with E-state index in [9.17, 15) is 24.1 Å². The number of para-hydroxylation sites is 1. The molecule has 124 valence electrons. The summed E-state index contributed by atoms with van der Waals surface area (Å²) in [5.41, 5.74) is -0.135. The van der Waals surface area contributed by atoms with E-state index in [1.807, 2.05) is 0 Å². The lowest BCUT2D eigenvalue weighted by Gasteiger charge is -2.13. The summed E-state index contributed by atoms with van der Waals surface area (Å²) in [6.07, 6.45) is -1.17. The van der Waals surface area contributed by atoms with Crippen molar-refractivity contribution in [3.8, 4) is 0 Å². The maximum atomic E-state index is 13.5. The number of hydrogen-bond donors (Lipinski definition) is 1. The number of carbonyl (C=O) groups is 2. The molecule has 7 nitrogen and oxygen atoms in total. The zero-order chi connectivity index (χ0) is 17.7. The minimum Gasteiger partial charge on any atom is -0.449 e. The molecule has 0 saturated carbocycles. The number of carbonyl (C=O) groups excluding carboxylic acids is 2. The van der Waals surface area contributed by atoms with E-state index in [0.29, 0.717) is 0 Å². The van der Waals surface area contributed by atoms with Gasteiger partial charge < -0.3 is 10.1 Å². The lowest BCUT2D eigenvalue weighted by Crippen LogP contribution is -2.30. The quantitative estimate of drug-likeness (QED) is 0.515. The predicted octanol–water partition coefficient (Wildman–Crippen LogP) is 2.92. The number of anilines is 1. The van der Waals surface area contributed by atoms with Crippen molar-refractivity contribution in [2.45, 2.75) is 13.0 Å². The molecule has 0 aromatic heterocycles. The second kappa shape index (κ2) is 7.32. The fourth-order valence-corrected chi connectivity index (χ4v) is 1.80. The van der Waals surface area contributed by atoms with Gasteiger partial charge in [-0.15, -0.1) is 0 Å². The Kier molecular flexibility index (Phi) is 5.20. The lowest BCUT2D eigenvalue weighted by molar-refractivity contribution is -0.384. The topological polar surface area (TPSA) is 98.5 Å². The molecule has 8 heteroatoms. The first-order valence-electron chi connectivity index (χ1n) is 6.89. The molecule has 2 aromatic rings. The number of hydrogen-bond acceptors (Lipinski definition) is 5. The average Bonchev–Trinajstić information content (AvgIpc) is 2.56. The van der Waals surface area contributed by atoms with Crippen LogP contribution in [0.15, 0.2) is 48.5 Å². The van der Waals surface area contributed by atoms with Crippen molar-refractivity contribution in [3.05, 3.63) is 70.0 Å². The normalized spacial score (nSPS) is 11.4. The summed E-state index contributed by atoms with van der Waals surface area (Å²) in [4.78, 5) is 33.8. The van der Waals surface area contributed by atoms with Gasteiger partial charge in [-0.05, 0) is 31.2 Å². The van der Waals surface area contributed by atoms with Gasteiger partial charge in [-0.3, -0.25) is 14.9 Å². The molecule has 0 aliphatic carbocycles. The van der Waals surface area contributed by atoms with Gasteiger partial charge in [0, 0.05) is 12.1 Å². The Morgan fingerprint density at radius 1 is 1.17 bits per heavy atom. The van der Waals surface area contributed by atoms with Crippen molar-refractivity contribution < 1.29 is 23.6 Å². The molecule has 0 radical (unpaired) electrons. The Balaban J connectivity index is 1.99. The van der Waals surface area contributed by atoms with Crippen LogP contribution in [-0.4, -0.2) is 22.9 Å². The number of amides is 1. The van der Waals surface area contributed by atoms with Crippen LogP contribution in [0.4, 0.5) is 15.8 Å². The number of rotatable bonds is 5. The summed E-state index contributed by atoms with van der Waals surface area (Å²) >= 11 is 0. The molecule has 1 N–H and O–H groups in total. The van der Waals surface area contributed by atoms with Gasteiger partial charge in [0.05, 0.1) is 16.2 Å². The zero-order valence-corrected chi connectivity index (χ0v) is 12.6. The molecular formula is C16H13FN2O5. The fraction of sp³-hybridized carbons (Fsp3) is 0.125. The van der Waals surface area contributed by atoms with Crippen LogP contribution < -0.4 is 5.32 Å². The molecular weight excluding hydrogens is 319 g/mol. The van der Waals surface area contributed by atoms with Crippen LogP contribution in [0, 0.1) is 15.9 Å². The Hall–Kier alpha value is -3.29. The molecule has 2 aromatic carbocycles. The molecule has 0 spiro atoms. The molecule has 0 aliphatic heterocycles. The van der Waals surface area contributed by atoms with Gasteiger partial charge in [0.25, 0.3) is 11.6 Å². The molecule has 0 bridgehead atoms. The second-order valence-corrected chi connectivity index (χ2v) is 4.82. The van der Waals surface area contributed by atoms with Crippen LogP contribution in [-0.2, 0) is 9.53 Å². The molecule has 0 aliphatic rings. The summed E-state index contributed by atoms with van der Waals surface area (Å²) in [6, 6.07) is 10.3. The van der Waals surface area contributed by atoms with Crippen LogP contribution >= 0.6 is 0 Å². The third kappa shape index (κ3) is 4.13. The Labute approximate surface area is 136 Å². The van der Waals surface area contributed by atoms with E-state index in [1.54, 1.807) is 6.07 Å². The summed E-state index contributed by atoms with van der Waals surface area (Å²) in [6.45, 7) is 1.33. The summed E-state index contributed by atoms with van der Waals surface area (Å²) in [7, 11) is 0. The van der Waals surface area contributed by atoms with Crippen LogP contribution in [0.3, 0.4) is 0 Å². The largest absolute Gasteiger partial charge is 0.449 e. The first kappa shape index (κ1) is 17.1. The number of non-ortho nitro benzene ring substituents is 1. The van der Waals surface area contributed by atoms with E-state index in [4.69, 9.17) is 4.74 Å². The van der Waals surface area contributed by atoms with Gasteiger partial charge in [0.1, 0.15) is 5.82 Å². The predicted molar refractivity (Wildman–Crippen MR) is 83.0 cm³/mol. The van der Waals surface area contributed by atoms with Gasteiger partial charge >= 0.3 is 5.97 Å². The van der Waals surface area contributed by atoms with Crippen LogP contribution in [0.2, 0.25) is 0 Å². The minimum atomic E-state index is -1.17. The number of esters is 1. The van der Waals surface area contributed by atoms with Crippen molar-refractivity contribution in [3.63, 3.8) is 0 Å². The van der Waals surface area contributed by atoms with Crippen LogP contribution in [0.25, 0.3) is 0 Å². The fourth-order valence-electron chi connectivity index (χ4n) is 1.80. The van der Waals surface area contributed by atoms with Crippen LogP contribution in [0.5, 0.6) is 0 Å². The molecule has 0 fully saturated rings. The molecule has 2 rings (SSSR count). The Bertz CT molecular complexity index is 776. The van der Waals surface area contributed by atoms with Crippen LogP contribution in [0.1, 0.15) is 17.3 Å². The number of nitrogens with one attached hydrogen (secondary N) is 1. The monoisotopic (exact) mass is 332 g/mol. The van der Waals surface area contributed by atoms with Gasteiger partial charge in [-0.2, -0.15) is 0 Å². The van der Waals surface area contributed by atoms with E-state index in [0.717, 1.165) is 12.1 Å². The zero-order valence-electron chi connectivity index (χ0n) is 12.6. The highest BCUT2D eigenvalue weighted by molar-refractivity contribution is 5.97. The van der Waals surface area contributed by atoms with Crippen molar-refractivity contribution in [1.29, 1.82) is 0 Å². The second-order valence-electron chi connectivity index (χ2n) is 4.82. The SMILES string of the molecule is C[C@H](OC(=O)c1ccc([N+](=O)[O-])cc1)C(=O)Nc1ccccc1F. The minimum absolute atomic E-state index is 0.0271. The third-order valence-corrected chi connectivity index (χ3v) is 3.10. The molecule has 24 heavy (non-hydrogen) atoms. The van der Waals surface area contributed by atoms with E-state index in [2.05, 4.69) is 5.32 Å². The van der Waals surface area contributed by atoms with Crippen molar-refractivity contribution in [2.75, 3.05) is 5.32 Å². The Morgan fingerprint density at radius 2 is 1.79 bits per heavy atom. The third-order valence-electron chi connectivity index (χ3n) is 3.10. The van der Waals surface area contributed by atoms with E-state index in [1.165, 1.54) is 37.3 Å². The number of nitro benzene ring substituents is 1. The van der Waals surface area contributed by atoms with Gasteiger partial charge in [0.15, 0.2) is 6.10 Å². The molecule has 0 saturated heterocycles. The maximum Gasteiger partial charge on any atom is 0.338 e. The van der Waals surface area contributed by atoms with E-state index in [-0.39, 0.29) is 16.9 Å². The van der Waals surface area contributed by atoms with E-state index >= 15 is 0 Å². The standard InChI is InChI=1S/C16H13FN2O5/c1-10(15(20)18-14-5-3-2-4-13(14)17)24-16(21)11-6-8-12(9-7-11)19(22)23/h2-10H,1H3,(H,18,20)/t10-/m0/s1. The average molecular weight is 332 g/mol. The summed E-state index contributed by atoms with van der Waals surface area (Å²) < 4.78 is 18.4. The highest BCUT2D eigenvalue weighted by atomic mass is 19.1. The number of halogens is 1. The first-order chi connectivity index (χ1) is 11.4. The lowest BCUT2D eigenvalue weighted by atomic mass is 10.2. The molecule has 0 heterocycles. The maximum absolute atomic E-state index is 13.5. The summed E-state index contributed by atoms with van der Waals surface area (Å²) in [5.74, 6) is -2.13.